The minimum absolute atomic E-state index is 0.357. The van der Waals surface area contributed by atoms with Crippen LogP contribution in [0, 0.1) is 0 Å². The van der Waals surface area contributed by atoms with Crippen molar-refractivity contribution < 1.29 is 19.1 Å². The monoisotopic (exact) mass is 240 g/mol. The highest BCUT2D eigenvalue weighted by Crippen LogP contribution is 2.02. The van der Waals surface area contributed by atoms with Crippen LogP contribution in [0.4, 0.5) is 0 Å². The molecule has 0 aliphatic heterocycles. The zero-order valence-electron chi connectivity index (χ0n) is 9.39. The second-order valence-electron chi connectivity index (χ2n) is 3.68. The van der Waals surface area contributed by atoms with Crippen LogP contribution in [0.3, 0.4) is 0 Å². The van der Waals surface area contributed by atoms with E-state index < -0.39 is 17.9 Å². The Hall–Kier alpha value is -1.82. The molecule has 0 saturated heterocycles. The lowest BCUT2D eigenvalue weighted by molar-refractivity contribution is -0.139. The van der Waals surface area contributed by atoms with Gasteiger partial charge in [0.25, 0.3) is 0 Å². The molecular formula is C11H16N2O4. The largest absolute Gasteiger partial charge is 0.481 e. The van der Waals surface area contributed by atoms with Gasteiger partial charge in [-0.3, -0.25) is 9.59 Å². The molecule has 1 aromatic rings. The van der Waals surface area contributed by atoms with Crippen molar-refractivity contribution >= 4 is 11.9 Å². The number of carboxylic acids is 1. The molecule has 0 fully saturated rings. The molecule has 1 unspecified atom stereocenters. The first-order valence-corrected chi connectivity index (χ1v) is 5.37. The molecular weight excluding hydrogens is 224 g/mol. The van der Waals surface area contributed by atoms with Crippen molar-refractivity contribution in [1.82, 2.24) is 5.32 Å². The normalized spacial score (nSPS) is 12.1. The maximum Gasteiger partial charge on any atom is 0.305 e. The SMILES string of the molecule is NC(CC(=O)O)C(=O)NCCCc1ccco1. The zero-order valence-corrected chi connectivity index (χ0v) is 9.39. The van der Waals surface area contributed by atoms with E-state index in [0.717, 1.165) is 18.6 Å². The summed E-state index contributed by atoms with van der Waals surface area (Å²) >= 11 is 0. The summed E-state index contributed by atoms with van der Waals surface area (Å²) in [5, 5.41) is 11.0. The van der Waals surface area contributed by atoms with Gasteiger partial charge in [-0.25, -0.2) is 0 Å². The average molecular weight is 240 g/mol. The summed E-state index contributed by atoms with van der Waals surface area (Å²) in [6, 6.07) is 2.67. The van der Waals surface area contributed by atoms with Crippen molar-refractivity contribution in [2.24, 2.45) is 5.73 Å². The number of aryl methyl sites for hydroxylation is 1. The molecule has 17 heavy (non-hydrogen) atoms. The fourth-order valence-electron chi connectivity index (χ4n) is 1.34. The third-order valence-corrected chi connectivity index (χ3v) is 2.21. The first-order chi connectivity index (χ1) is 8.09. The van der Waals surface area contributed by atoms with Gasteiger partial charge < -0.3 is 20.6 Å². The van der Waals surface area contributed by atoms with E-state index in [4.69, 9.17) is 15.3 Å². The standard InChI is InChI=1S/C11H16N2O4/c12-9(7-10(14)15)11(16)13-5-1-3-8-4-2-6-17-8/h2,4,6,9H,1,3,5,7,12H2,(H,13,16)(H,14,15). The smallest absolute Gasteiger partial charge is 0.305 e. The molecule has 1 atom stereocenters. The minimum atomic E-state index is -1.08. The molecule has 6 heteroatoms. The zero-order chi connectivity index (χ0) is 12.7. The number of carbonyl (C=O) groups excluding carboxylic acids is 1. The third-order valence-electron chi connectivity index (χ3n) is 2.21. The van der Waals surface area contributed by atoms with E-state index in [1.54, 1.807) is 12.3 Å². The summed E-state index contributed by atoms with van der Waals surface area (Å²) in [4.78, 5) is 21.6. The Morgan fingerprint density at radius 3 is 2.88 bits per heavy atom. The van der Waals surface area contributed by atoms with Crippen LogP contribution in [-0.4, -0.2) is 29.6 Å². The van der Waals surface area contributed by atoms with Gasteiger partial charge >= 0.3 is 5.97 Å². The summed E-state index contributed by atoms with van der Waals surface area (Å²) in [5.74, 6) is -0.663. The van der Waals surface area contributed by atoms with Gasteiger partial charge in [-0.05, 0) is 18.6 Å². The number of amides is 1. The van der Waals surface area contributed by atoms with Crippen LogP contribution in [0.25, 0.3) is 0 Å². The van der Waals surface area contributed by atoms with Crippen LogP contribution < -0.4 is 11.1 Å². The van der Waals surface area contributed by atoms with Crippen LogP contribution in [0.5, 0.6) is 0 Å². The first kappa shape index (κ1) is 13.2. The minimum Gasteiger partial charge on any atom is -0.481 e. The van der Waals surface area contributed by atoms with E-state index in [-0.39, 0.29) is 6.42 Å². The molecule has 0 aliphatic rings. The number of carbonyl (C=O) groups is 2. The Bertz CT molecular complexity index is 362. The molecule has 1 aromatic heterocycles. The van der Waals surface area contributed by atoms with E-state index in [9.17, 15) is 9.59 Å². The van der Waals surface area contributed by atoms with Gasteiger partial charge in [0.15, 0.2) is 0 Å². The van der Waals surface area contributed by atoms with E-state index in [1.165, 1.54) is 0 Å². The van der Waals surface area contributed by atoms with Gasteiger partial charge in [0.2, 0.25) is 5.91 Å². The van der Waals surface area contributed by atoms with Crippen LogP contribution in [-0.2, 0) is 16.0 Å². The molecule has 94 valence electrons. The molecule has 0 saturated carbocycles. The number of hydrogen-bond donors (Lipinski definition) is 3. The van der Waals surface area contributed by atoms with Crippen LogP contribution in [0.2, 0.25) is 0 Å². The quantitative estimate of drug-likeness (QED) is 0.587. The Morgan fingerprint density at radius 1 is 1.53 bits per heavy atom. The summed E-state index contributed by atoms with van der Waals surface area (Å²) in [5.41, 5.74) is 5.38. The van der Waals surface area contributed by atoms with Gasteiger partial charge in [0, 0.05) is 13.0 Å². The summed E-state index contributed by atoms with van der Waals surface area (Å²) in [7, 11) is 0. The maximum absolute atomic E-state index is 11.3. The van der Waals surface area contributed by atoms with E-state index in [0.29, 0.717) is 6.54 Å². The van der Waals surface area contributed by atoms with Gasteiger partial charge in [-0.2, -0.15) is 0 Å². The lowest BCUT2D eigenvalue weighted by atomic mass is 10.2. The highest BCUT2D eigenvalue weighted by atomic mass is 16.4. The number of nitrogens with two attached hydrogens (primary N) is 1. The molecule has 1 heterocycles. The Morgan fingerprint density at radius 2 is 2.29 bits per heavy atom. The fraction of sp³-hybridized carbons (Fsp3) is 0.455. The average Bonchev–Trinajstić information content (AvgIpc) is 2.75. The van der Waals surface area contributed by atoms with Gasteiger partial charge in [0.05, 0.1) is 18.7 Å². The molecule has 6 nitrogen and oxygen atoms in total. The Kier molecular flexibility index (Phi) is 5.22. The van der Waals surface area contributed by atoms with Crippen molar-refractivity contribution in [2.45, 2.75) is 25.3 Å². The highest BCUT2D eigenvalue weighted by Gasteiger charge is 2.15. The van der Waals surface area contributed by atoms with E-state index >= 15 is 0 Å². The van der Waals surface area contributed by atoms with Crippen molar-refractivity contribution in [3.8, 4) is 0 Å². The van der Waals surface area contributed by atoms with Gasteiger partial charge in [-0.15, -0.1) is 0 Å². The summed E-state index contributed by atoms with van der Waals surface area (Å²) in [6.07, 6.45) is 2.68. The van der Waals surface area contributed by atoms with Crippen LogP contribution in [0.15, 0.2) is 22.8 Å². The summed E-state index contributed by atoms with van der Waals surface area (Å²) < 4.78 is 5.13. The first-order valence-electron chi connectivity index (χ1n) is 5.37. The molecule has 0 aromatic carbocycles. The summed E-state index contributed by atoms with van der Waals surface area (Å²) in [6.45, 7) is 0.451. The van der Waals surface area contributed by atoms with Crippen molar-refractivity contribution in [2.75, 3.05) is 6.54 Å². The molecule has 0 spiro atoms. The Labute approximate surface area is 98.8 Å². The number of hydrogen-bond acceptors (Lipinski definition) is 4. The predicted molar refractivity (Wildman–Crippen MR) is 60.3 cm³/mol. The molecule has 0 radical (unpaired) electrons. The fourth-order valence-corrected chi connectivity index (χ4v) is 1.34. The van der Waals surface area contributed by atoms with Gasteiger partial charge in [0.1, 0.15) is 5.76 Å². The highest BCUT2D eigenvalue weighted by molar-refractivity contribution is 5.85. The molecule has 1 amide bonds. The van der Waals surface area contributed by atoms with E-state index in [1.807, 2.05) is 6.07 Å². The number of rotatable bonds is 7. The number of aliphatic carboxylic acids is 1. The molecule has 0 bridgehead atoms. The lowest BCUT2D eigenvalue weighted by Crippen LogP contribution is -2.42. The number of nitrogens with one attached hydrogen (secondary N) is 1. The van der Waals surface area contributed by atoms with Crippen LogP contribution in [0.1, 0.15) is 18.6 Å². The molecule has 4 N–H and O–H groups in total. The lowest BCUT2D eigenvalue weighted by Gasteiger charge is -2.09. The van der Waals surface area contributed by atoms with Crippen molar-refractivity contribution in [1.29, 1.82) is 0 Å². The third kappa shape index (κ3) is 5.17. The van der Waals surface area contributed by atoms with Crippen LogP contribution >= 0.6 is 0 Å². The topological polar surface area (TPSA) is 106 Å². The Balaban J connectivity index is 2.13. The number of carboxylic acid groups (broad SMARTS) is 1. The second kappa shape index (κ2) is 6.70. The molecule has 0 aliphatic carbocycles. The molecule has 1 rings (SSSR count). The van der Waals surface area contributed by atoms with E-state index in [2.05, 4.69) is 5.32 Å². The maximum atomic E-state index is 11.3. The van der Waals surface area contributed by atoms with Gasteiger partial charge in [-0.1, -0.05) is 0 Å². The predicted octanol–water partition coefficient (Wildman–Crippen LogP) is 0.130. The van der Waals surface area contributed by atoms with Crippen molar-refractivity contribution in [3.63, 3.8) is 0 Å². The van der Waals surface area contributed by atoms with Crippen molar-refractivity contribution in [3.05, 3.63) is 24.2 Å². The second-order valence-corrected chi connectivity index (χ2v) is 3.68. The number of furan rings is 1.